The largest absolute Gasteiger partial charge is 0.497 e. The lowest BCUT2D eigenvalue weighted by Gasteiger charge is -2.18. The number of benzene rings is 3. The molecule has 7 heteroatoms. The van der Waals surface area contributed by atoms with Crippen LogP contribution in [0.5, 0.6) is 17.2 Å². The molecule has 0 saturated carbocycles. The van der Waals surface area contributed by atoms with E-state index in [9.17, 15) is 4.79 Å². The van der Waals surface area contributed by atoms with Gasteiger partial charge in [0.05, 0.1) is 31.8 Å². The predicted octanol–water partition coefficient (Wildman–Crippen LogP) is 4.65. The number of amides is 1. The number of nitrogens with zero attached hydrogens (tertiary/aromatic N) is 3. The molecule has 0 aliphatic carbocycles. The molecule has 1 saturated heterocycles. The van der Waals surface area contributed by atoms with E-state index in [1.54, 1.807) is 14.2 Å². The predicted molar refractivity (Wildman–Crippen MR) is 131 cm³/mol. The summed E-state index contributed by atoms with van der Waals surface area (Å²) in [5.41, 5.74) is 2.81. The maximum atomic E-state index is 13.0. The SMILES string of the molecule is COc1cccc(OCCn2c([C@@H]3CC(=O)N(c4cccc(OC)c4)C3)nc3ccccc32)c1. The second-order valence-electron chi connectivity index (χ2n) is 8.24. The molecular formula is C27H27N3O4. The number of methoxy groups -OCH3 is 2. The van der Waals surface area contributed by atoms with Crippen molar-refractivity contribution in [2.24, 2.45) is 0 Å². The summed E-state index contributed by atoms with van der Waals surface area (Å²) in [7, 11) is 3.27. The zero-order valence-corrected chi connectivity index (χ0v) is 19.3. The van der Waals surface area contributed by atoms with Crippen molar-refractivity contribution in [3.63, 3.8) is 0 Å². The van der Waals surface area contributed by atoms with Crippen molar-refractivity contribution in [3.05, 3.63) is 78.6 Å². The molecule has 1 amide bonds. The van der Waals surface area contributed by atoms with Gasteiger partial charge < -0.3 is 23.7 Å². The van der Waals surface area contributed by atoms with E-state index < -0.39 is 0 Å². The molecule has 0 unspecified atom stereocenters. The van der Waals surface area contributed by atoms with Gasteiger partial charge in [-0.3, -0.25) is 4.79 Å². The third kappa shape index (κ3) is 4.29. The average molecular weight is 458 g/mol. The molecule has 1 aliphatic rings. The van der Waals surface area contributed by atoms with E-state index in [1.165, 1.54) is 0 Å². The molecule has 3 aromatic carbocycles. The molecule has 0 radical (unpaired) electrons. The van der Waals surface area contributed by atoms with Crippen LogP contribution in [-0.4, -0.2) is 42.8 Å². The fraction of sp³-hybridized carbons (Fsp3) is 0.259. The summed E-state index contributed by atoms with van der Waals surface area (Å²) in [6.07, 6.45) is 0.414. The number of carbonyl (C=O) groups excluding carboxylic acids is 1. The number of ether oxygens (including phenoxy) is 3. The minimum absolute atomic E-state index is 0.0112. The first-order valence-electron chi connectivity index (χ1n) is 11.3. The molecule has 1 fully saturated rings. The molecule has 1 aromatic heterocycles. The first-order chi connectivity index (χ1) is 16.7. The van der Waals surface area contributed by atoms with E-state index in [2.05, 4.69) is 10.6 Å². The summed E-state index contributed by atoms with van der Waals surface area (Å²) in [5.74, 6) is 3.23. The third-order valence-electron chi connectivity index (χ3n) is 6.16. The number of fused-ring (bicyclic) bond motifs is 1. The van der Waals surface area contributed by atoms with E-state index in [0.717, 1.165) is 39.8 Å². The highest BCUT2D eigenvalue weighted by Crippen LogP contribution is 2.34. The molecule has 1 aliphatic heterocycles. The number of para-hydroxylation sites is 2. The summed E-state index contributed by atoms with van der Waals surface area (Å²) in [6.45, 7) is 1.67. The molecule has 2 heterocycles. The third-order valence-corrected chi connectivity index (χ3v) is 6.16. The van der Waals surface area contributed by atoms with Crippen LogP contribution in [0.2, 0.25) is 0 Å². The van der Waals surface area contributed by atoms with Crippen molar-refractivity contribution in [2.45, 2.75) is 18.9 Å². The first-order valence-corrected chi connectivity index (χ1v) is 11.3. The average Bonchev–Trinajstić information content (AvgIpc) is 3.45. The fourth-order valence-corrected chi connectivity index (χ4v) is 4.50. The normalized spacial score (nSPS) is 15.6. The Labute approximate surface area is 198 Å². The van der Waals surface area contributed by atoms with Gasteiger partial charge in [-0.15, -0.1) is 0 Å². The van der Waals surface area contributed by atoms with Crippen molar-refractivity contribution < 1.29 is 19.0 Å². The van der Waals surface area contributed by atoms with E-state index >= 15 is 0 Å². The highest BCUT2D eigenvalue weighted by molar-refractivity contribution is 5.96. The van der Waals surface area contributed by atoms with Gasteiger partial charge in [0.25, 0.3) is 0 Å². The number of hydrogen-bond donors (Lipinski definition) is 0. The number of imidazole rings is 1. The van der Waals surface area contributed by atoms with Crippen LogP contribution in [0.1, 0.15) is 18.2 Å². The Morgan fingerprint density at radius 3 is 2.47 bits per heavy atom. The van der Waals surface area contributed by atoms with E-state index in [4.69, 9.17) is 19.2 Å². The van der Waals surface area contributed by atoms with Crippen LogP contribution in [0.25, 0.3) is 11.0 Å². The number of rotatable bonds is 8. The van der Waals surface area contributed by atoms with Gasteiger partial charge in [-0.1, -0.05) is 24.3 Å². The number of carbonyl (C=O) groups is 1. The van der Waals surface area contributed by atoms with E-state index in [-0.39, 0.29) is 11.8 Å². The summed E-state index contributed by atoms with van der Waals surface area (Å²) in [4.78, 5) is 19.7. The Kier molecular flexibility index (Phi) is 6.08. The smallest absolute Gasteiger partial charge is 0.227 e. The fourth-order valence-electron chi connectivity index (χ4n) is 4.50. The molecular weight excluding hydrogens is 430 g/mol. The van der Waals surface area contributed by atoms with Gasteiger partial charge in [-0.05, 0) is 36.4 Å². The second-order valence-corrected chi connectivity index (χ2v) is 8.24. The lowest BCUT2D eigenvalue weighted by molar-refractivity contribution is -0.117. The lowest BCUT2D eigenvalue weighted by atomic mass is 10.1. The lowest BCUT2D eigenvalue weighted by Crippen LogP contribution is -2.24. The Morgan fingerprint density at radius 1 is 0.912 bits per heavy atom. The summed E-state index contributed by atoms with van der Waals surface area (Å²) >= 11 is 0. The van der Waals surface area contributed by atoms with Crippen molar-refractivity contribution in [2.75, 3.05) is 32.3 Å². The Morgan fingerprint density at radius 2 is 1.65 bits per heavy atom. The molecule has 7 nitrogen and oxygen atoms in total. The van der Waals surface area contributed by atoms with Crippen LogP contribution in [0.15, 0.2) is 72.8 Å². The van der Waals surface area contributed by atoms with Gasteiger partial charge in [0.1, 0.15) is 29.7 Å². The highest BCUT2D eigenvalue weighted by atomic mass is 16.5. The number of hydrogen-bond acceptors (Lipinski definition) is 5. The van der Waals surface area contributed by atoms with Crippen LogP contribution in [0, 0.1) is 0 Å². The topological polar surface area (TPSA) is 65.8 Å². The molecule has 4 aromatic rings. The minimum atomic E-state index is -0.0112. The van der Waals surface area contributed by atoms with Crippen molar-refractivity contribution >= 4 is 22.6 Å². The molecule has 0 bridgehead atoms. The van der Waals surface area contributed by atoms with Crippen LogP contribution in [-0.2, 0) is 11.3 Å². The maximum Gasteiger partial charge on any atom is 0.227 e. The Bertz CT molecular complexity index is 1320. The van der Waals surface area contributed by atoms with Gasteiger partial charge in [0.2, 0.25) is 5.91 Å². The summed E-state index contributed by atoms with van der Waals surface area (Å²) < 4.78 is 18.8. The molecule has 0 N–H and O–H groups in total. The monoisotopic (exact) mass is 457 g/mol. The van der Waals surface area contributed by atoms with Crippen LogP contribution in [0.4, 0.5) is 5.69 Å². The molecule has 5 rings (SSSR count). The molecule has 1 atom stereocenters. The minimum Gasteiger partial charge on any atom is -0.497 e. The van der Waals surface area contributed by atoms with Gasteiger partial charge in [0.15, 0.2) is 0 Å². The molecule has 0 spiro atoms. The van der Waals surface area contributed by atoms with Crippen molar-refractivity contribution in [1.29, 1.82) is 0 Å². The Hall–Kier alpha value is -4.00. The van der Waals surface area contributed by atoms with Gasteiger partial charge >= 0.3 is 0 Å². The van der Waals surface area contributed by atoms with Gasteiger partial charge in [0, 0.05) is 36.7 Å². The second kappa shape index (κ2) is 9.47. The maximum absolute atomic E-state index is 13.0. The van der Waals surface area contributed by atoms with Gasteiger partial charge in [-0.2, -0.15) is 0 Å². The quantitative estimate of drug-likeness (QED) is 0.385. The standard InChI is InChI=1S/C27H27N3O4/c1-32-21-8-5-7-20(16-21)30-18-19(15-26(30)31)27-28-24-11-3-4-12-25(24)29(27)13-14-34-23-10-6-9-22(17-23)33-2/h3-12,16-17,19H,13-15,18H2,1-2H3/t19-/m1/s1. The highest BCUT2D eigenvalue weighted by Gasteiger charge is 2.35. The first kappa shape index (κ1) is 21.8. The van der Waals surface area contributed by atoms with Gasteiger partial charge in [-0.25, -0.2) is 4.98 Å². The number of anilines is 1. The summed E-state index contributed by atoms with van der Waals surface area (Å²) in [5, 5.41) is 0. The zero-order valence-electron chi connectivity index (χ0n) is 19.3. The summed E-state index contributed by atoms with van der Waals surface area (Å²) in [6, 6.07) is 23.3. The van der Waals surface area contributed by atoms with Crippen molar-refractivity contribution in [3.8, 4) is 17.2 Å². The zero-order chi connectivity index (χ0) is 23.5. The van der Waals surface area contributed by atoms with Crippen molar-refractivity contribution in [1.82, 2.24) is 9.55 Å². The van der Waals surface area contributed by atoms with Crippen LogP contribution in [0.3, 0.4) is 0 Å². The molecule has 174 valence electrons. The number of aromatic nitrogens is 2. The molecule has 34 heavy (non-hydrogen) atoms. The Balaban J connectivity index is 1.39. The van der Waals surface area contributed by atoms with E-state index in [1.807, 2.05) is 71.6 Å². The van der Waals surface area contributed by atoms with Crippen LogP contribution >= 0.6 is 0 Å². The van der Waals surface area contributed by atoms with E-state index in [0.29, 0.717) is 26.1 Å². The van der Waals surface area contributed by atoms with Crippen LogP contribution < -0.4 is 19.1 Å².